The fourth-order valence-electron chi connectivity index (χ4n) is 1.38. The lowest BCUT2D eigenvalue weighted by molar-refractivity contribution is 0.474. The molecule has 0 aliphatic heterocycles. The molecule has 0 atom stereocenters. The smallest absolute Gasteiger partial charge is 0.137 e. The van der Waals surface area contributed by atoms with E-state index in [1.165, 1.54) is 12.1 Å². The highest BCUT2D eigenvalue weighted by Gasteiger charge is 2.06. The van der Waals surface area contributed by atoms with E-state index in [1.807, 2.05) is 6.07 Å². The van der Waals surface area contributed by atoms with Crippen molar-refractivity contribution in [3.63, 3.8) is 0 Å². The van der Waals surface area contributed by atoms with Crippen molar-refractivity contribution in [2.45, 2.75) is 0 Å². The lowest BCUT2D eigenvalue weighted by Gasteiger charge is -2.05. The third-order valence-corrected chi connectivity index (χ3v) is 2.78. The van der Waals surface area contributed by atoms with Crippen molar-refractivity contribution in [1.29, 1.82) is 0 Å². The number of hydrogen-bond acceptors (Lipinski definition) is 1. The second-order valence-electron chi connectivity index (χ2n) is 3.14. The number of benzene rings is 2. The predicted octanol–water partition coefficient (Wildman–Crippen LogP) is 3.96. The van der Waals surface area contributed by atoms with Gasteiger partial charge < -0.3 is 5.11 Å². The molecular formula is C12H8BrFO. The first-order valence-corrected chi connectivity index (χ1v) is 5.21. The Kier molecular flexibility index (Phi) is 2.73. The summed E-state index contributed by atoms with van der Waals surface area (Å²) in [6, 6.07) is 11.4. The van der Waals surface area contributed by atoms with Gasteiger partial charge in [-0.25, -0.2) is 4.39 Å². The highest BCUT2D eigenvalue weighted by atomic mass is 79.9. The van der Waals surface area contributed by atoms with Crippen LogP contribution in [0.5, 0.6) is 5.75 Å². The van der Waals surface area contributed by atoms with Gasteiger partial charge in [0.05, 0.1) is 4.47 Å². The van der Waals surface area contributed by atoms with Crippen LogP contribution in [0.4, 0.5) is 4.39 Å². The van der Waals surface area contributed by atoms with Crippen LogP contribution in [0.2, 0.25) is 0 Å². The minimum Gasteiger partial charge on any atom is -0.506 e. The van der Waals surface area contributed by atoms with Gasteiger partial charge in [0, 0.05) is 5.56 Å². The van der Waals surface area contributed by atoms with Crippen LogP contribution in [-0.2, 0) is 0 Å². The van der Waals surface area contributed by atoms with Crippen molar-refractivity contribution < 1.29 is 9.50 Å². The number of para-hydroxylation sites is 1. The summed E-state index contributed by atoms with van der Waals surface area (Å²) in [5.74, 6) is -0.114. The zero-order valence-electron chi connectivity index (χ0n) is 7.74. The van der Waals surface area contributed by atoms with Crippen molar-refractivity contribution in [2.24, 2.45) is 0 Å². The molecule has 2 aromatic rings. The van der Waals surface area contributed by atoms with Gasteiger partial charge in [-0.2, -0.15) is 0 Å². The third kappa shape index (κ3) is 2.02. The number of rotatable bonds is 1. The number of hydrogen-bond donors (Lipinski definition) is 1. The zero-order chi connectivity index (χ0) is 10.8. The molecule has 0 spiro atoms. The van der Waals surface area contributed by atoms with E-state index >= 15 is 0 Å². The average molecular weight is 267 g/mol. The maximum absolute atomic E-state index is 12.7. The second-order valence-corrected chi connectivity index (χ2v) is 4.00. The van der Waals surface area contributed by atoms with Crippen LogP contribution in [0.25, 0.3) is 11.1 Å². The molecule has 0 fully saturated rings. The Hall–Kier alpha value is -1.35. The topological polar surface area (TPSA) is 20.2 Å². The monoisotopic (exact) mass is 266 g/mol. The Balaban J connectivity index is 2.54. The maximum atomic E-state index is 12.7. The minimum absolute atomic E-state index is 0.170. The molecule has 0 bridgehead atoms. The fraction of sp³-hybridized carbons (Fsp3) is 0. The van der Waals surface area contributed by atoms with Gasteiger partial charge >= 0.3 is 0 Å². The molecule has 2 rings (SSSR count). The molecule has 15 heavy (non-hydrogen) atoms. The fourth-order valence-corrected chi connectivity index (χ4v) is 1.74. The number of halogens is 2. The van der Waals surface area contributed by atoms with Crippen LogP contribution in [0.3, 0.4) is 0 Å². The standard InChI is InChI=1S/C12H8BrFO/c13-11-3-1-2-10(12(11)15)8-4-6-9(14)7-5-8/h1-7,15H. The Bertz CT molecular complexity index is 479. The van der Waals surface area contributed by atoms with Gasteiger partial charge in [0.1, 0.15) is 11.6 Å². The summed E-state index contributed by atoms with van der Waals surface area (Å²) in [5.41, 5.74) is 1.47. The normalized spacial score (nSPS) is 10.3. The second kappa shape index (κ2) is 4.03. The van der Waals surface area contributed by atoms with Crippen molar-refractivity contribution in [2.75, 3.05) is 0 Å². The molecule has 0 aliphatic carbocycles. The first kappa shape index (κ1) is 10.2. The van der Waals surface area contributed by atoms with E-state index in [4.69, 9.17) is 0 Å². The van der Waals surface area contributed by atoms with Gasteiger partial charge in [-0.3, -0.25) is 0 Å². The van der Waals surface area contributed by atoms with Crippen LogP contribution in [0.1, 0.15) is 0 Å². The van der Waals surface area contributed by atoms with E-state index in [2.05, 4.69) is 15.9 Å². The zero-order valence-corrected chi connectivity index (χ0v) is 9.33. The summed E-state index contributed by atoms with van der Waals surface area (Å²) in [4.78, 5) is 0. The van der Waals surface area contributed by atoms with Crippen LogP contribution >= 0.6 is 15.9 Å². The van der Waals surface area contributed by atoms with Gasteiger partial charge in [-0.05, 0) is 39.7 Å². The summed E-state index contributed by atoms with van der Waals surface area (Å²) < 4.78 is 13.3. The summed E-state index contributed by atoms with van der Waals surface area (Å²) in [6.45, 7) is 0. The Morgan fingerprint density at radius 3 is 2.33 bits per heavy atom. The molecule has 0 heterocycles. The third-order valence-electron chi connectivity index (χ3n) is 2.14. The van der Waals surface area contributed by atoms with E-state index in [9.17, 15) is 9.50 Å². The highest BCUT2D eigenvalue weighted by Crippen LogP contribution is 2.34. The van der Waals surface area contributed by atoms with Crippen molar-refractivity contribution in [3.05, 3.63) is 52.8 Å². The number of phenolic OH excluding ortho intramolecular Hbond substituents is 1. The number of aromatic hydroxyl groups is 1. The van der Waals surface area contributed by atoms with Gasteiger partial charge in [0.15, 0.2) is 0 Å². The summed E-state index contributed by atoms with van der Waals surface area (Å²) in [7, 11) is 0. The molecule has 0 amide bonds. The summed E-state index contributed by atoms with van der Waals surface area (Å²) >= 11 is 3.23. The van der Waals surface area contributed by atoms with Crippen LogP contribution in [0, 0.1) is 5.82 Å². The number of phenols is 1. The first-order valence-electron chi connectivity index (χ1n) is 4.42. The van der Waals surface area contributed by atoms with Crippen LogP contribution < -0.4 is 0 Å². The Morgan fingerprint density at radius 2 is 1.67 bits per heavy atom. The van der Waals surface area contributed by atoms with E-state index in [1.54, 1.807) is 24.3 Å². The molecule has 2 aromatic carbocycles. The molecular weight excluding hydrogens is 259 g/mol. The predicted molar refractivity (Wildman–Crippen MR) is 61.2 cm³/mol. The molecule has 1 nitrogen and oxygen atoms in total. The van der Waals surface area contributed by atoms with E-state index in [0.717, 1.165) is 5.56 Å². The highest BCUT2D eigenvalue weighted by molar-refractivity contribution is 9.10. The molecule has 0 saturated carbocycles. The lowest BCUT2D eigenvalue weighted by Crippen LogP contribution is -1.80. The van der Waals surface area contributed by atoms with Crippen molar-refractivity contribution in [1.82, 2.24) is 0 Å². The van der Waals surface area contributed by atoms with E-state index in [-0.39, 0.29) is 11.6 Å². The average Bonchev–Trinajstić information content (AvgIpc) is 2.24. The Labute approximate surface area is 95.3 Å². The summed E-state index contributed by atoms with van der Waals surface area (Å²) in [5, 5.41) is 9.78. The van der Waals surface area contributed by atoms with Crippen LogP contribution in [-0.4, -0.2) is 5.11 Å². The molecule has 76 valence electrons. The molecule has 3 heteroatoms. The largest absolute Gasteiger partial charge is 0.506 e. The molecule has 0 saturated heterocycles. The SMILES string of the molecule is Oc1c(Br)cccc1-c1ccc(F)cc1. The van der Waals surface area contributed by atoms with E-state index in [0.29, 0.717) is 10.0 Å². The maximum Gasteiger partial charge on any atom is 0.137 e. The minimum atomic E-state index is -0.284. The molecule has 0 radical (unpaired) electrons. The Morgan fingerprint density at radius 1 is 1.00 bits per heavy atom. The molecule has 0 aliphatic rings. The van der Waals surface area contributed by atoms with Crippen LogP contribution in [0.15, 0.2) is 46.9 Å². The van der Waals surface area contributed by atoms with Gasteiger partial charge in [-0.1, -0.05) is 24.3 Å². The first-order chi connectivity index (χ1) is 7.18. The molecule has 0 aromatic heterocycles. The van der Waals surface area contributed by atoms with Crippen molar-refractivity contribution >= 4 is 15.9 Å². The lowest BCUT2D eigenvalue weighted by atomic mass is 10.1. The quantitative estimate of drug-likeness (QED) is 0.829. The molecule has 0 unspecified atom stereocenters. The van der Waals surface area contributed by atoms with Gasteiger partial charge in [-0.15, -0.1) is 0 Å². The van der Waals surface area contributed by atoms with Gasteiger partial charge in [0.2, 0.25) is 0 Å². The van der Waals surface area contributed by atoms with Crippen molar-refractivity contribution in [3.8, 4) is 16.9 Å². The van der Waals surface area contributed by atoms with E-state index < -0.39 is 0 Å². The van der Waals surface area contributed by atoms with Gasteiger partial charge in [0.25, 0.3) is 0 Å². The summed E-state index contributed by atoms with van der Waals surface area (Å²) in [6.07, 6.45) is 0. The molecule has 1 N–H and O–H groups in total.